The normalized spacial score (nSPS) is 14.0. The number of nitrogens with zero attached hydrogens (tertiary/aromatic N) is 4. The van der Waals surface area contributed by atoms with Crippen molar-refractivity contribution >= 4 is 66.4 Å². The summed E-state index contributed by atoms with van der Waals surface area (Å²) >= 11 is 0. The average molecular weight is 935 g/mol. The molecule has 11 aromatic rings. The number of nitriles is 2. The minimum absolute atomic E-state index is 0.413. The van der Waals surface area contributed by atoms with Gasteiger partial charge in [0.2, 0.25) is 0 Å². The van der Waals surface area contributed by atoms with E-state index in [2.05, 4.69) is 219 Å². The van der Waals surface area contributed by atoms with E-state index in [9.17, 15) is 10.5 Å². The van der Waals surface area contributed by atoms with Crippen LogP contribution in [0.15, 0.2) is 218 Å². The minimum Gasteiger partial charge on any atom is -0.310 e. The summed E-state index contributed by atoms with van der Waals surface area (Å²) in [5.41, 5.74) is 19.6. The van der Waals surface area contributed by atoms with Gasteiger partial charge >= 0.3 is 0 Å². The Hall–Kier alpha value is -9.22. The molecule has 346 valence electrons. The van der Waals surface area contributed by atoms with Crippen LogP contribution in [0.5, 0.6) is 0 Å². The number of hydrogen-bond donors (Lipinski definition) is 0. The first-order valence-corrected chi connectivity index (χ1v) is 25.3. The van der Waals surface area contributed by atoms with E-state index < -0.39 is 5.41 Å². The lowest BCUT2D eigenvalue weighted by atomic mass is 9.69. The van der Waals surface area contributed by atoms with Gasteiger partial charge in [0, 0.05) is 34.1 Å². The van der Waals surface area contributed by atoms with E-state index in [0.717, 1.165) is 44.9 Å². The number of benzene rings is 11. The van der Waals surface area contributed by atoms with Crippen LogP contribution in [-0.4, -0.2) is 0 Å². The number of anilines is 6. The molecule has 4 nitrogen and oxygen atoms in total. The average Bonchev–Trinajstić information content (AvgIpc) is 3.92. The van der Waals surface area contributed by atoms with Crippen molar-refractivity contribution in [2.24, 2.45) is 0 Å². The van der Waals surface area contributed by atoms with Crippen molar-refractivity contribution in [3.63, 3.8) is 0 Å². The van der Waals surface area contributed by atoms with Gasteiger partial charge in [-0.2, -0.15) is 10.5 Å². The Bertz CT molecular complexity index is 4100. The zero-order valence-corrected chi connectivity index (χ0v) is 41.2. The van der Waals surface area contributed by atoms with Crippen molar-refractivity contribution in [3.8, 4) is 34.4 Å². The molecule has 0 saturated heterocycles. The Kier molecular flexibility index (Phi) is 10.2. The van der Waals surface area contributed by atoms with Gasteiger partial charge in [-0.3, -0.25) is 0 Å². The van der Waals surface area contributed by atoms with Gasteiger partial charge in [-0.15, -0.1) is 0 Å². The highest BCUT2D eigenvalue weighted by molar-refractivity contribution is 6.11. The van der Waals surface area contributed by atoms with Gasteiger partial charge in [0.05, 0.1) is 28.7 Å². The predicted octanol–water partition coefficient (Wildman–Crippen LogP) is 18.4. The van der Waals surface area contributed by atoms with Crippen molar-refractivity contribution in [1.82, 2.24) is 0 Å². The second-order valence-electron chi connectivity index (χ2n) is 20.3. The Morgan fingerprint density at radius 2 is 0.863 bits per heavy atom. The molecule has 2 aliphatic carbocycles. The summed E-state index contributed by atoms with van der Waals surface area (Å²) in [5, 5.41) is 26.7. The standard InChI is InChI=1S/C69H50N4/c1-43(2)47-17-28-55(29-18-47)72(53-24-13-45(41-70)14-25-53)57-32-21-50-39-63-61-34-22-51-37-58(73(54-26-15-46(42-71)16-27-54)56-30-19-48(20-31-56)44(3)4)33-35-60(51)68(61)69(66(63)40-52(50)38-57)64-12-8-7-11-62(64)67-59-10-6-5-9-49(59)23-36-65(67)69/h5-40,43-44H,1-4H3. The van der Waals surface area contributed by atoms with Gasteiger partial charge < -0.3 is 9.80 Å². The Labute approximate surface area is 426 Å². The first kappa shape index (κ1) is 43.8. The third kappa shape index (κ3) is 6.79. The van der Waals surface area contributed by atoms with Gasteiger partial charge in [-0.25, -0.2) is 0 Å². The fourth-order valence-electron chi connectivity index (χ4n) is 12.1. The highest BCUT2D eigenvalue weighted by Crippen LogP contribution is 2.65. The van der Waals surface area contributed by atoms with Gasteiger partial charge in [0.15, 0.2) is 0 Å². The molecule has 0 amide bonds. The van der Waals surface area contributed by atoms with Crippen LogP contribution < -0.4 is 9.80 Å². The molecule has 0 aromatic heterocycles. The van der Waals surface area contributed by atoms with E-state index in [1.165, 1.54) is 77.2 Å². The molecule has 1 spiro atoms. The molecule has 1 unspecified atom stereocenters. The molecule has 13 rings (SSSR count). The van der Waals surface area contributed by atoms with Gasteiger partial charge in [0.1, 0.15) is 0 Å². The van der Waals surface area contributed by atoms with E-state index in [1.54, 1.807) is 0 Å². The molecule has 73 heavy (non-hydrogen) atoms. The smallest absolute Gasteiger partial charge is 0.0991 e. The first-order chi connectivity index (χ1) is 35.7. The zero-order valence-electron chi connectivity index (χ0n) is 41.2. The number of hydrogen-bond acceptors (Lipinski definition) is 4. The van der Waals surface area contributed by atoms with E-state index in [1.807, 2.05) is 48.5 Å². The monoisotopic (exact) mass is 934 g/mol. The van der Waals surface area contributed by atoms with Crippen molar-refractivity contribution < 1.29 is 0 Å². The van der Waals surface area contributed by atoms with Crippen molar-refractivity contribution in [3.05, 3.63) is 263 Å². The Morgan fingerprint density at radius 1 is 0.356 bits per heavy atom. The highest BCUT2D eigenvalue weighted by atomic mass is 15.1. The van der Waals surface area contributed by atoms with E-state index in [-0.39, 0.29) is 0 Å². The van der Waals surface area contributed by atoms with Crippen LogP contribution in [0.1, 0.15) is 84.0 Å². The fourth-order valence-corrected chi connectivity index (χ4v) is 12.1. The quantitative estimate of drug-likeness (QED) is 0.152. The summed E-state index contributed by atoms with van der Waals surface area (Å²) in [6.45, 7) is 8.91. The van der Waals surface area contributed by atoms with E-state index in [4.69, 9.17) is 0 Å². The Balaban J connectivity index is 1.05. The molecular formula is C69H50N4. The molecule has 0 heterocycles. The van der Waals surface area contributed by atoms with Crippen LogP contribution in [0, 0.1) is 22.7 Å². The lowest BCUT2D eigenvalue weighted by Crippen LogP contribution is -2.26. The highest BCUT2D eigenvalue weighted by Gasteiger charge is 2.53. The molecular weight excluding hydrogens is 885 g/mol. The van der Waals surface area contributed by atoms with Crippen molar-refractivity contribution in [2.75, 3.05) is 9.80 Å². The third-order valence-corrected chi connectivity index (χ3v) is 15.6. The lowest BCUT2D eigenvalue weighted by Gasteiger charge is -2.32. The number of rotatable bonds is 8. The maximum Gasteiger partial charge on any atom is 0.0991 e. The fraction of sp³-hybridized carbons (Fsp3) is 0.101. The second-order valence-corrected chi connectivity index (χ2v) is 20.3. The van der Waals surface area contributed by atoms with Crippen molar-refractivity contribution in [1.29, 1.82) is 10.5 Å². The largest absolute Gasteiger partial charge is 0.310 e. The molecule has 2 aliphatic rings. The van der Waals surface area contributed by atoms with Gasteiger partial charge in [0.25, 0.3) is 0 Å². The van der Waals surface area contributed by atoms with Gasteiger partial charge in [-0.1, -0.05) is 137 Å². The topological polar surface area (TPSA) is 54.1 Å². The molecule has 0 radical (unpaired) electrons. The molecule has 0 saturated carbocycles. The van der Waals surface area contributed by atoms with Crippen LogP contribution in [0.2, 0.25) is 0 Å². The molecule has 0 bridgehead atoms. The van der Waals surface area contributed by atoms with Gasteiger partial charge in [-0.05, 0) is 209 Å². The van der Waals surface area contributed by atoms with E-state index in [0.29, 0.717) is 23.0 Å². The van der Waals surface area contributed by atoms with Crippen LogP contribution in [0.25, 0.3) is 54.6 Å². The van der Waals surface area contributed by atoms with Crippen LogP contribution in [0.3, 0.4) is 0 Å². The summed E-state index contributed by atoms with van der Waals surface area (Å²) in [5.74, 6) is 0.826. The van der Waals surface area contributed by atoms with Crippen LogP contribution >= 0.6 is 0 Å². The second kappa shape index (κ2) is 17.0. The maximum absolute atomic E-state index is 9.75. The molecule has 0 fully saturated rings. The summed E-state index contributed by atoms with van der Waals surface area (Å²) in [7, 11) is 0. The molecule has 11 aromatic carbocycles. The Morgan fingerprint density at radius 3 is 1.47 bits per heavy atom. The van der Waals surface area contributed by atoms with E-state index >= 15 is 0 Å². The number of fused-ring (bicyclic) bond motifs is 15. The first-order valence-electron chi connectivity index (χ1n) is 25.3. The predicted molar refractivity (Wildman–Crippen MR) is 302 cm³/mol. The molecule has 1 atom stereocenters. The summed E-state index contributed by atoms with van der Waals surface area (Å²) in [6.07, 6.45) is 0. The molecule has 0 aliphatic heterocycles. The SMILES string of the molecule is CC(C)c1ccc(N(c2ccc(C#N)cc2)c2ccc3cc4c(cc3c2)C2(c3ccccc3-c3c2ccc2ccccc32)c2c-4ccc3cc(N(c4ccc(C#N)cc4)c4ccc(C(C)C)cc4)ccc23)cc1. The lowest BCUT2D eigenvalue weighted by molar-refractivity contribution is 0.803. The zero-order chi connectivity index (χ0) is 49.5. The summed E-state index contributed by atoms with van der Waals surface area (Å²) < 4.78 is 0. The summed E-state index contributed by atoms with van der Waals surface area (Å²) in [4.78, 5) is 4.61. The minimum atomic E-state index is -0.634. The maximum atomic E-state index is 9.75. The van der Waals surface area contributed by atoms with Crippen LogP contribution in [0.4, 0.5) is 34.1 Å². The molecule has 0 N–H and O–H groups in total. The van der Waals surface area contributed by atoms with Crippen LogP contribution in [-0.2, 0) is 5.41 Å². The van der Waals surface area contributed by atoms with Crippen molar-refractivity contribution in [2.45, 2.75) is 44.9 Å². The molecule has 4 heteroatoms. The third-order valence-electron chi connectivity index (χ3n) is 15.6. The summed E-state index contributed by atoms with van der Waals surface area (Å²) in [6, 6.07) is 84.3.